The van der Waals surface area contributed by atoms with E-state index in [1.165, 1.54) is 5.56 Å². The number of hydrogen-bond acceptors (Lipinski definition) is 2. The predicted molar refractivity (Wildman–Crippen MR) is 103 cm³/mol. The molecular formula is C22H25N3O. The summed E-state index contributed by atoms with van der Waals surface area (Å²) in [6.07, 6.45) is 5.20. The molecule has 3 heterocycles. The molecule has 1 fully saturated rings. The van der Waals surface area contributed by atoms with E-state index in [-0.39, 0.29) is 5.91 Å². The number of imidazole rings is 1. The number of likely N-dealkylation sites (tertiary alicyclic amines) is 1. The molecule has 1 aliphatic rings. The van der Waals surface area contributed by atoms with E-state index in [1.54, 1.807) is 0 Å². The Morgan fingerprint density at radius 3 is 2.58 bits per heavy atom. The van der Waals surface area contributed by atoms with E-state index in [0.717, 1.165) is 49.3 Å². The molecule has 3 aromatic rings. The van der Waals surface area contributed by atoms with E-state index in [2.05, 4.69) is 35.3 Å². The second kappa shape index (κ2) is 6.94. The van der Waals surface area contributed by atoms with Crippen molar-refractivity contribution in [2.75, 3.05) is 13.1 Å². The molecule has 4 rings (SSSR count). The lowest BCUT2D eigenvalue weighted by atomic mass is 9.90. The van der Waals surface area contributed by atoms with E-state index in [1.807, 2.05) is 41.5 Å². The van der Waals surface area contributed by atoms with Gasteiger partial charge in [0.15, 0.2) is 0 Å². The van der Waals surface area contributed by atoms with Gasteiger partial charge in [-0.25, -0.2) is 4.98 Å². The Hall–Kier alpha value is -2.62. The molecule has 1 aromatic carbocycles. The molecule has 0 aliphatic carbocycles. The first-order valence-electron chi connectivity index (χ1n) is 9.40. The molecule has 1 aliphatic heterocycles. The molecule has 26 heavy (non-hydrogen) atoms. The number of benzene rings is 1. The van der Waals surface area contributed by atoms with Gasteiger partial charge in [-0.1, -0.05) is 30.3 Å². The van der Waals surface area contributed by atoms with E-state index in [0.29, 0.717) is 11.6 Å². The molecule has 4 nitrogen and oxygen atoms in total. The number of fused-ring (bicyclic) bond motifs is 1. The number of rotatable bonds is 3. The number of aryl methyl sites for hydroxylation is 2. The summed E-state index contributed by atoms with van der Waals surface area (Å²) < 4.78 is 1.93. The fourth-order valence-electron chi connectivity index (χ4n) is 3.96. The number of carbonyl (C=O) groups is 1. The highest BCUT2D eigenvalue weighted by molar-refractivity contribution is 5.94. The maximum Gasteiger partial charge on any atom is 0.272 e. The third-order valence-corrected chi connectivity index (χ3v) is 5.43. The molecule has 4 heteroatoms. The molecule has 0 N–H and O–H groups in total. The van der Waals surface area contributed by atoms with E-state index in [9.17, 15) is 4.79 Å². The average Bonchev–Trinajstić information content (AvgIpc) is 2.97. The Kier molecular flexibility index (Phi) is 4.49. The monoisotopic (exact) mass is 347 g/mol. The van der Waals surface area contributed by atoms with Crippen LogP contribution in [-0.2, 0) is 6.42 Å². The number of aromatic nitrogens is 2. The molecule has 0 atom stereocenters. The quantitative estimate of drug-likeness (QED) is 0.717. The largest absolute Gasteiger partial charge is 0.337 e. The van der Waals surface area contributed by atoms with Crippen molar-refractivity contribution in [2.24, 2.45) is 5.92 Å². The zero-order valence-corrected chi connectivity index (χ0v) is 15.5. The second-order valence-corrected chi connectivity index (χ2v) is 7.40. The van der Waals surface area contributed by atoms with Gasteiger partial charge in [-0.15, -0.1) is 0 Å². The van der Waals surface area contributed by atoms with Gasteiger partial charge in [-0.3, -0.25) is 9.20 Å². The zero-order valence-electron chi connectivity index (χ0n) is 15.5. The molecule has 1 amide bonds. The van der Waals surface area contributed by atoms with Crippen molar-refractivity contribution in [2.45, 2.75) is 33.1 Å². The van der Waals surface area contributed by atoms with Gasteiger partial charge in [0.1, 0.15) is 11.3 Å². The molecule has 134 valence electrons. The Bertz CT molecular complexity index is 921. The first kappa shape index (κ1) is 16.8. The summed E-state index contributed by atoms with van der Waals surface area (Å²) in [4.78, 5) is 19.7. The molecule has 0 bridgehead atoms. The Labute approximate surface area is 154 Å². The van der Waals surface area contributed by atoms with Crippen molar-refractivity contribution in [1.82, 2.24) is 14.3 Å². The topological polar surface area (TPSA) is 37.6 Å². The number of pyridine rings is 1. The second-order valence-electron chi connectivity index (χ2n) is 7.40. The first-order chi connectivity index (χ1) is 12.6. The summed E-state index contributed by atoms with van der Waals surface area (Å²) in [5.41, 5.74) is 4.92. The number of nitrogens with zero attached hydrogens (tertiary/aromatic N) is 3. The van der Waals surface area contributed by atoms with E-state index in [4.69, 9.17) is 0 Å². The molecule has 1 saturated heterocycles. The van der Waals surface area contributed by atoms with Crippen LogP contribution in [0.25, 0.3) is 5.65 Å². The minimum atomic E-state index is 0.108. The lowest BCUT2D eigenvalue weighted by molar-refractivity contribution is 0.0682. The fraction of sp³-hybridized carbons (Fsp3) is 0.364. The fourth-order valence-corrected chi connectivity index (χ4v) is 3.96. The van der Waals surface area contributed by atoms with Crippen molar-refractivity contribution < 1.29 is 4.79 Å². The molecular weight excluding hydrogens is 322 g/mol. The van der Waals surface area contributed by atoms with Crippen LogP contribution in [0.4, 0.5) is 0 Å². The summed E-state index contributed by atoms with van der Waals surface area (Å²) in [5, 5.41) is 0. The van der Waals surface area contributed by atoms with Crippen LogP contribution in [0.15, 0.2) is 48.7 Å². The molecule has 0 radical (unpaired) electrons. The lowest BCUT2D eigenvalue weighted by Crippen LogP contribution is -2.39. The highest BCUT2D eigenvalue weighted by atomic mass is 16.2. The SMILES string of the molecule is Cc1ccn2c(C(=O)N3CCC(Cc4ccccc4)CC3)c(C)nc2c1. The normalized spacial score (nSPS) is 15.5. The maximum absolute atomic E-state index is 13.1. The Morgan fingerprint density at radius 2 is 1.85 bits per heavy atom. The van der Waals surface area contributed by atoms with E-state index >= 15 is 0 Å². The van der Waals surface area contributed by atoms with Crippen molar-refractivity contribution in [3.05, 3.63) is 71.2 Å². The molecule has 0 saturated carbocycles. The maximum atomic E-state index is 13.1. The van der Waals surface area contributed by atoms with Gasteiger partial charge in [0, 0.05) is 19.3 Å². The highest BCUT2D eigenvalue weighted by Crippen LogP contribution is 2.24. The third kappa shape index (κ3) is 3.24. The van der Waals surface area contributed by atoms with Gasteiger partial charge < -0.3 is 4.90 Å². The average molecular weight is 347 g/mol. The van der Waals surface area contributed by atoms with Gasteiger partial charge in [0.25, 0.3) is 5.91 Å². The number of piperidine rings is 1. The minimum absolute atomic E-state index is 0.108. The summed E-state index contributed by atoms with van der Waals surface area (Å²) >= 11 is 0. The zero-order chi connectivity index (χ0) is 18.1. The van der Waals surface area contributed by atoms with Crippen LogP contribution < -0.4 is 0 Å². The van der Waals surface area contributed by atoms with Crippen LogP contribution in [0.2, 0.25) is 0 Å². The van der Waals surface area contributed by atoms with Gasteiger partial charge >= 0.3 is 0 Å². The van der Waals surface area contributed by atoms with Gasteiger partial charge in [-0.05, 0) is 62.3 Å². The van der Waals surface area contributed by atoms with Crippen LogP contribution in [0, 0.1) is 19.8 Å². The van der Waals surface area contributed by atoms with Crippen LogP contribution in [0.1, 0.15) is 40.2 Å². The van der Waals surface area contributed by atoms with Gasteiger partial charge in [-0.2, -0.15) is 0 Å². The van der Waals surface area contributed by atoms with Crippen LogP contribution >= 0.6 is 0 Å². The van der Waals surface area contributed by atoms with Crippen molar-refractivity contribution >= 4 is 11.6 Å². The van der Waals surface area contributed by atoms with Gasteiger partial charge in [0.05, 0.1) is 5.69 Å². The molecule has 2 aromatic heterocycles. The predicted octanol–water partition coefficient (Wildman–Crippen LogP) is 4.05. The van der Waals surface area contributed by atoms with Crippen LogP contribution in [0.5, 0.6) is 0 Å². The van der Waals surface area contributed by atoms with Crippen molar-refractivity contribution in [3.8, 4) is 0 Å². The molecule has 0 unspecified atom stereocenters. The Morgan fingerprint density at radius 1 is 1.12 bits per heavy atom. The number of hydrogen-bond donors (Lipinski definition) is 0. The summed E-state index contributed by atoms with van der Waals surface area (Å²) in [6, 6.07) is 14.7. The first-order valence-corrected chi connectivity index (χ1v) is 9.40. The summed E-state index contributed by atoms with van der Waals surface area (Å²) in [7, 11) is 0. The van der Waals surface area contributed by atoms with Crippen LogP contribution in [-0.4, -0.2) is 33.3 Å². The lowest BCUT2D eigenvalue weighted by Gasteiger charge is -2.32. The van der Waals surface area contributed by atoms with Crippen LogP contribution in [0.3, 0.4) is 0 Å². The smallest absolute Gasteiger partial charge is 0.272 e. The number of amides is 1. The highest BCUT2D eigenvalue weighted by Gasteiger charge is 2.27. The van der Waals surface area contributed by atoms with Crippen molar-refractivity contribution in [1.29, 1.82) is 0 Å². The number of carbonyl (C=O) groups excluding carboxylic acids is 1. The minimum Gasteiger partial charge on any atom is -0.337 e. The van der Waals surface area contributed by atoms with Crippen molar-refractivity contribution in [3.63, 3.8) is 0 Å². The third-order valence-electron chi connectivity index (χ3n) is 5.43. The summed E-state index contributed by atoms with van der Waals surface area (Å²) in [6.45, 7) is 5.63. The summed E-state index contributed by atoms with van der Waals surface area (Å²) in [5.74, 6) is 0.768. The standard InChI is InChI=1S/C22H25N3O/c1-16-8-13-25-20(14-16)23-17(2)21(25)22(26)24-11-9-19(10-12-24)15-18-6-4-3-5-7-18/h3-8,13-14,19H,9-12,15H2,1-2H3. The Balaban J connectivity index is 1.46. The van der Waals surface area contributed by atoms with Gasteiger partial charge in [0.2, 0.25) is 0 Å². The van der Waals surface area contributed by atoms with E-state index < -0.39 is 0 Å². The molecule has 0 spiro atoms.